The fraction of sp³-hybridized carbons (Fsp3) is 0.214. The highest BCUT2D eigenvalue weighted by Gasteiger charge is 2.43. The van der Waals surface area contributed by atoms with Gasteiger partial charge in [0.25, 0.3) is 5.91 Å². The SMILES string of the molecule is COc1ccc(CCN2C(=O)c3oc4ccc(C)cc4c(=O)c3[C@@H]2c2ccccc2F)cc1OC. The Morgan fingerprint density at radius 1 is 0.971 bits per heavy atom. The van der Waals surface area contributed by atoms with Crippen molar-refractivity contribution in [1.82, 2.24) is 4.90 Å². The molecule has 0 bridgehead atoms. The van der Waals surface area contributed by atoms with E-state index in [1.165, 1.54) is 11.0 Å². The van der Waals surface area contributed by atoms with Crippen LogP contribution in [0.3, 0.4) is 0 Å². The molecule has 5 rings (SSSR count). The van der Waals surface area contributed by atoms with Crippen molar-refractivity contribution in [1.29, 1.82) is 0 Å². The smallest absolute Gasteiger partial charge is 0.290 e. The Balaban J connectivity index is 1.60. The second kappa shape index (κ2) is 8.91. The van der Waals surface area contributed by atoms with Gasteiger partial charge in [-0.1, -0.05) is 35.9 Å². The fourth-order valence-corrected chi connectivity index (χ4v) is 4.67. The number of ether oxygens (including phenoxy) is 2. The zero-order valence-electron chi connectivity index (χ0n) is 19.6. The number of fused-ring (bicyclic) bond motifs is 2. The van der Waals surface area contributed by atoms with Crippen molar-refractivity contribution in [2.75, 3.05) is 20.8 Å². The Morgan fingerprint density at radius 3 is 2.49 bits per heavy atom. The van der Waals surface area contributed by atoms with Crippen LogP contribution in [0.1, 0.15) is 38.9 Å². The molecular formula is C28H24FNO5. The number of nitrogens with zero attached hydrogens (tertiary/aromatic N) is 1. The molecule has 3 aromatic carbocycles. The Labute approximate surface area is 201 Å². The van der Waals surface area contributed by atoms with Crippen LogP contribution in [0, 0.1) is 12.7 Å². The molecule has 1 aromatic heterocycles. The molecule has 0 spiro atoms. The largest absolute Gasteiger partial charge is 0.493 e. The van der Waals surface area contributed by atoms with E-state index in [9.17, 15) is 14.0 Å². The number of carbonyl (C=O) groups excluding carboxylic acids is 1. The van der Waals surface area contributed by atoms with Gasteiger partial charge in [0.1, 0.15) is 11.4 Å². The van der Waals surface area contributed by atoms with E-state index in [2.05, 4.69) is 0 Å². The molecule has 1 aliphatic rings. The van der Waals surface area contributed by atoms with Crippen LogP contribution < -0.4 is 14.9 Å². The molecule has 178 valence electrons. The molecule has 7 heteroatoms. The van der Waals surface area contributed by atoms with Gasteiger partial charge in [-0.15, -0.1) is 0 Å². The zero-order valence-corrected chi connectivity index (χ0v) is 19.6. The van der Waals surface area contributed by atoms with Crippen molar-refractivity contribution >= 4 is 16.9 Å². The third-order valence-electron chi connectivity index (χ3n) is 6.41. The van der Waals surface area contributed by atoms with Crippen molar-refractivity contribution in [3.8, 4) is 11.5 Å². The third-order valence-corrected chi connectivity index (χ3v) is 6.41. The van der Waals surface area contributed by atoms with Crippen molar-refractivity contribution < 1.29 is 23.1 Å². The van der Waals surface area contributed by atoms with Crippen LogP contribution in [0.4, 0.5) is 4.39 Å². The number of methoxy groups -OCH3 is 2. The summed E-state index contributed by atoms with van der Waals surface area (Å²) in [5, 5.41) is 0.375. The molecule has 1 amide bonds. The van der Waals surface area contributed by atoms with Gasteiger partial charge in [0.05, 0.1) is 31.2 Å². The molecule has 2 heterocycles. The zero-order chi connectivity index (χ0) is 24.7. The minimum absolute atomic E-state index is 0.0353. The first-order valence-corrected chi connectivity index (χ1v) is 11.3. The van der Waals surface area contributed by atoms with E-state index in [-0.39, 0.29) is 28.9 Å². The summed E-state index contributed by atoms with van der Waals surface area (Å²) in [6.07, 6.45) is 0.456. The van der Waals surface area contributed by atoms with Gasteiger partial charge in [-0.05, 0) is 49.2 Å². The highest BCUT2D eigenvalue weighted by Crippen LogP contribution is 2.39. The summed E-state index contributed by atoms with van der Waals surface area (Å²) < 4.78 is 31.6. The lowest BCUT2D eigenvalue weighted by atomic mass is 9.97. The number of amides is 1. The van der Waals surface area contributed by atoms with Crippen molar-refractivity contribution in [2.45, 2.75) is 19.4 Å². The average Bonchev–Trinajstić information content (AvgIpc) is 3.14. The molecule has 0 saturated carbocycles. The van der Waals surface area contributed by atoms with E-state index in [0.29, 0.717) is 28.9 Å². The molecule has 0 saturated heterocycles. The van der Waals surface area contributed by atoms with E-state index >= 15 is 0 Å². The number of halogens is 1. The van der Waals surface area contributed by atoms with Crippen LogP contribution in [0.25, 0.3) is 11.0 Å². The molecule has 1 atom stereocenters. The Morgan fingerprint density at radius 2 is 1.74 bits per heavy atom. The van der Waals surface area contributed by atoms with Crippen LogP contribution in [0.5, 0.6) is 11.5 Å². The molecule has 0 radical (unpaired) electrons. The van der Waals surface area contributed by atoms with Crippen LogP contribution in [-0.2, 0) is 6.42 Å². The summed E-state index contributed by atoms with van der Waals surface area (Å²) in [6.45, 7) is 2.12. The first-order valence-electron chi connectivity index (χ1n) is 11.3. The number of hydrogen-bond acceptors (Lipinski definition) is 5. The van der Waals surface area contributed by atoms with Crippen LogP contribution in [0.2, 0.25) is 0 Å². The first kappa shape index (κ1) is 22.7. The Hall–Kier alpha value is -4.13. The maximum Gasteiger partial charge on any atom is 0.290 e. The van der Waals surface area contributed by atoms with E-state index < -0.39 is 17.8 Å². The first-order chi connectivity index (χ1) is 16.9. The fourth-order valence-electron chi connectivity index (χ4n) is 4.67. The summed E-state index contributed by atoms with van der Waals surface area (Å²) in [6, 6.07) is 16.1. The molecule has 6 nitrogen and oxygen atoms in total. The lowest BCUT2D eigenvalue weighted by molar-refractivity contribution is 0.0728. The van der Waals surface area contributed by atoms with E-state index in [0.717, 1.165) is 11.1 Å². The minimum Gasteiger partial charge on any atom is -0.493 e. The van der Waals surface area contributed by atoms with E-state index in [1.807, 2.05) is 25.1 Å². The summed E-state index contributed by atoms with van der Waals surface area (Å²) in [7, 11) is 3.12. The quantitative estimate of drug-likeness (QED) is 0.392. The number of benzene rings is 3. The standard InChI is InChI=1S/C28H24FNO5/c1-16-8-10-21-19(14-16)26(31)24-25(18-6-4-5-7-20(18)29)30(28(32)27(24)35-21)13-12-17-9-11-22(33-2)23(15-17)34-3/h4-11,14-15,25H,12-13H2,1-3H3/t25-/m0/s1. The highest BCUT2D eigenvalue weighted by atomic mass is 19.1. The van der Waals surface area contributed by atoms with Crippen molar-refractivity contribution in [2.24, 2.45) is 0 Å². The van der Waals surface area contributed by atoms with Gasteiger partial charge in [0, 0.05) is 12.1 Å². The number of aryl methyl sites for hydroxylation is 1. The number of hydrogen-bond donors (Lipinski definition) is 0. The maximum absolute atomic E-state index is 15.0. The van der Waals surface area contributed by atoms with Gasteiger partial charge in [0.15, 0.2) is 16.9 Å². The van der Waals surface area contributed by atoms with Crippen LogP contribution in [-0.4, -0.2) is 31.6 Å². The lowest BCUT2D eigenvalue weighted by Gasteiger charge is -2.25. The van der Waals surface area contributed by atoms with Crippen LogP contribution in [0.15, 0.2) is 69.9 Å². The monoisotopic (exact) mass is 473 g/mol. The van der Waals surface area contributed by atoms with Gasteiger partial charge < -0.3 is 18.8 Å². The van der Waals surface area contributed by atoms with E-state index in [4.69, 9.17) is 13.9 Å². The van der Waals surface area contributed by atoms with Gasteiger partial charge in [0.2, 0.25) is 5.76 Å². The number of rotatable bonds is 6. The molecular weight excluding hydrogens is 449 g/mol. The second-order valence-corrected chi connectivity index (χ2v) is 8.54. The predicted octanol–water partition coefficient (Wildman–Crippen LogP) is 5.05. The van der Waals surface area contributed by atoms with Gasteiger partial charge >= 0.3 is 0 Å². The van der Waals surface area contributed by atoms with Crippen molar-refractivity contribution in [3.05, 3.63) is 105 Å². The second-order valence-electron chi connectivity index (χ2n) is 8.54. The maximum atomic E-state index is 15.0. The average molecular weight is 474 g/mol. The summed E-state index contributed by atoms with van der Waals surface area (Å²) in [5.74, 6) is 0.213. The molecule has 0 unspecified atom stereocenters. The molecule has 1 aliphatic heterocycles. The summed E-state index contributed by atoms with van der Waals surface area (Å²) in [4.78, 5) is 28.6. The highest BCUT2D eigenvalue weighted by molar-refractivity contribution is 5.99. The van der Waals surface area contributed by atoms with Gasteiger partial charge in [-0.2, -0.15) is 0 Å². The minimum atomic E-state index is -0.889. The molecule has 0 fully saturated rings. The van der Waals surface area contributed by atoms with Gasteiger partial charge in [-0.3, -0.25) is 9.59 Å². The van der Waals surface area contributed by atoms with Crippen molar-refractivity contribution in [3.63, 3.8) is 0 Å². The summed E-state index contributed by atoms with van der Waals surface area (Å²) in [5.41, 5.74) is 2.24. The third kappa shape index (κ3) is 3.83. The Bertz CT molecular complexity index is 1510. The molecule has 0 aliphatic carbocycles. The predicted molar refractivity (Wildman–Crippen MR) is 130 cm³/mol. The molecule has 0 N–H and O–H groups in total. The topological polar surface area (TPSA) is 69.0 Å². The number of carbonyl (C=O) groups is 1. The Kier molecular flexibility index (Phi) is 5.76. The normalized spacial score (nSPS) is 14.9. The van der Waals surface area contributed by atoms with E-state index in [1.54, 1.807) is 50.6 Å². The lowest BCUT2D eigenvalue weighted by Crippen LogP contribution is -2.32. The van der Waals surface area contributed by atoms with Crippen LogP contribution >= 0.6 is 0 Å². The summed E-state index contributed by atoms with van der Waals surface area (Å²) >= 11 is 0. The molecule has 35 heavy (non-hydrogen) atoms. The van der Waals surface area contributed by atoms with Gasteiger partial charge in [-0.25, -0.2) is 4.39 Å². The molecule has 4 aromatic rings.